The highest BCUT2D eigenvalue weighted by Gasteiger charge is 2.26. The van der Waals surface area contributed by atoms with E-state index in [1.807, 2.05) is 0 Å². The highest BCUT2D eigenvalue weighted by atomic mass is 15.2. The second kappa shape index (κ2) is 5.18. The molecular formula is C18H21N. The first-order valence-corrected chi connectivity index (χ1v) is 7.18. The van der Waals surface area contributed by atoms with Gasteiger partial charge in [-0.1, -0.05) is 61.0 Å². The highest BCUT2D eigenvalue weighted by molar-refractivity contribution is 5.40. The maximum Gasteiger partial charge on any atom is 0.0604 e. The van der Waals surface area contributed by atoms with E-state index in [1.54, 1.807) is 0 Å². The maximum absolute atomic E-state index is 2.58. The van der Waals surface area contributed by atoms with Gasteiger partial charge in [-0.05, 0) is 36.6 Å². The van der Waals surface area contributed by atoms with E-state index < -0.39 is 0 Å². The molecule has 0 fully saturated rings. The van der Waals surface area contributed by atoms with Crippen LogP contribution in [0.15, 0.2) is 48.5 Å². The van der Waals surface area contributed by atoms with Gasteiger partial charge in [0.2, 0.25) is 0 Å². The van der Waals surface area contributed by atoms with Gasteiger partial charge >= 0.3 is 0 Å². The summed E-state index contributed by atoms with van der Waals surface area (Å²) in [5, 5.41) is 0. The normalized spacial score (nSPS) is 19.2. The Bertz CT molecular complexity index is 556. The molecule has 1 heteroatoms. The molecule has 0 bridgehead atoms. The van der Waals surface area contributed by atoms with Crippen molar-refractivity contribution in [1.29, 1.82) is 0 Å². The third kappa shape index (κ3) is 2.31. The highest BCUT2D eigenvalue weighted by Crippen LogP contribution is 2.34. The number of fused-ring (bicyclic) bond motifs is 1. The molecule has 0 N–H and O–H groups in total. The van der Waals surface area contributed by atoms with Gasteiger partial charge in [-0.2, -0.15) is 0 Å². The Labute approximate surface area is 115 Å². The van der Waals surface area contributed by atoms with Gasteiger partial charge in [-0.25, -0.2) is 0 Å². The standard InChI is InChI=1S/C18H21N/c1-3-19-13-12-15-6-4-5-7-17(15)18(19)16-10-8-14(2)9-11-16/h4-11,18H,3,12-13H2,1-2H3. The molecule has 0 saturated heterocycles. The van der Waals surface area contributed by atoms with Gasteiger partial charge in [0.1, 0.15) is 0 Å². The predicted octanol–water partition coefficient (Wildman–Crippen LogP) is 3.96. The zero-order valence-electron chi connectivity index (χ0n) is 11.8. The minimum absolute atomic E-state index is 0.426. The van der Waals surface area contributed by atoms with Crippen molar-refractivity contribution in [3.05, 3.63) is 70.8 Å². The molecule has 19 heavy (non-hydrogen) atoms. The van der Waals surface area contributed by atoms with Gasteiger partial charge in [0.15, 0.2) is 0 Å². The minimum atomic E-state index is 0.426. The second-order valence-electron chi connectivity index (χ2n) is 5.39. The van der Waals surface area contributed by atoms with Crippen LogP contribution in [0.4, 0.5) is 0 Å². The molecular weight excluding hydrogens is 230 g/mol. The zero-order chi connectivity index (χ0) is 13.2. The first-order valence-electron chi connectivity index (χ1n) is 7.18. The largest absolute Gasteiger partial charge is 0.292 e. The topological polar surface area (TPSA) is 3.24 Å². The van der Waals surface area contributed by atoms with Gasteiger partial charge in [0, 0.05) is 6.54 Å². The number of aryl methyl sites for hydroxylation is 1. The summed E-state index contributed by atoms with van der Waals surface area (Å²) in [7, 11) is 0. The van der Waals surface area contributed by atoms with Crippen molar-refractivity contribution < 1.29 is 0 Å². The molecule has 1 aliphatic rings. The fourth-order valence-electron chi connectivity index (χ4n) is 3.10. The lowest BCUT2D eigenvalue weighted by atomic mass is 9.88. The smallest absolute Gasteiger partial charge is 0.0604 e. The van der Waals surface area contributed by atoms with Crippen LogP contribution in [0.2, 0.25) is 0 Å². The van der Waals surface area contributed by atoms with Crippen LogP contribution in [0.3, 0.4) is 0 Å². The third-order valence-electron chi connectivity index (χ3n) is 4.18. The fourth-order valence-corrected chi connectivity index (χ4v) is 3.10. The molecule has 0 spiro atoms. The molecule has 1 heterocycles. The molecule has 2 aromatic carbocycles. The monoisotopic (exact) mass is 251 g/mol. The van der Waals surface area contributed by atoms with E-state index in [2.05, 4.69) is 67.3 Å². The van der Waals surface area contributed by atoms with E-state index in [1.165, 1.54) is 28.7 Å². The summed E-state index contributed by atoms with van der Waals surface area (Å²) >= 11 is 0. The molecule has 0 aliphatic carbocycles. The van der Waals surface area contributed by atoms with Gasteiger partial charge in [-0.15, -0.1) is 0 Å². The Morgan fingerprint density at radius 2 is 1.79 bits per heavy atom. The van der Waals surface area contributed by atoms with E-state index >= 15 is 0 Å². The second-order valence-corrected chi connectivity index (χ2v) is 5.39. The van der Waals surface area contributed by atoms with Crippen molar-refractivity contribution in [3.8, 4) is 0 Å². The van der Waals surface area contributed by atoms with Crippen molar-refractivity contribution in [2.75, 3.05) is 13.1 Å². The molecule has 0 radical (unpaired) electrons. The quantitative estimate of drug-likeness (QED) is 0.781. The SMILES string of the molecule is CCN1CCc2ccccc2C1c1ccc(C)cc1. The Kier molecular flexibility index (Phi) is 3.39. The molecule has 3 rings (SSSR count). The number of rotatable bonds is 2. The third-order valence-corrected chi connectivity index (χ3v) is 4.18. The number of hydrogen-bond donors (Lipinski definition) is 0. The number of likely N-dealkylation sites (N-methyl/N-ethyl adjacent to an activating group) is 1. The number of nitrogens with zero attached hydrogens (tertiary/aromatic N) is 1. The summed E-state index contributed by atoms with van der Waals surface area (Å²) in [5.41, 5.74) is 5.74. The molecule has 1 nitrogen and oxygen atoms in total. The van der Waals surface area contributed by atoms with Crippen LogP contribution in [0.5, 0.6) is 0 Å². The van der Waals surface area contributed by atoms with Crippen LogP contribution in [0, 0.1) is 6.92 Å². The lowest BCUT2D eigenvalue weighted by Crippen LogP contribution is -2.35. The van der Waals surface area contributed by atoms with Crippen molar-refractivity contribution in [2.24, 2.45) is 0 Å². The van der Waals surface area contributed by atoms with E-state index in [-0.39, 0.29) is 0 Å². The van der Waals surface area contributed by atoms with Crippen molar-refractivity contribution in [2.45, 2.75) is 26.3 Å². The molecule has 0 saturated carbocycles. The zero-order valence-corrected chi connectivity index (χ0v) is 11.8. The van der Waals surface area contributed by atoms with Gasteiger partial charge in [0.25, 0.3) is 0 Å². The molecule has 1 unspecified atom stereocenters. The summed E-state index contributed by atoms with van der Waals surface area (Å²) < 4.78 is 0. The summed E-state index contributed by atoms with van der Waals surface area (Å²) in [6.07, 6.45) is 1.17. The maximum atomic E-state index is 2.58. The van der Waals surface area contributed by atoms with E-state index in [0.29, 0.717) is 6.04 Å². The first kappa shape index (κ1) is 12.4. The van der Waals surface area contributed by atoms with Gasteiger partial charge < -0.3 is 0 Å². The molecule has 0 amide bonds. The first-order chi connectivity index (χ1) is 9.29. The molecule has 98 valence electrons. The molecule has 2 aromatic rings. The lowest BCUT2D eigenvalue weighted by Gasteiger charge is -2.37. The lowest BCUT2D eigenvalue weighted by molar-refractivity contribution is 0.225. The number of hydrogen-bond acceptors (Lipinski definition) is 1. The van der Waals surface area contributed by atoms with Crippen molar-refractivity contribution in [1.82, 2.24) is 4.90 Å². The summed E-state index contributed by atoms with van der Waals surface area (Å²) in [4.78, 5) is 2.58. The van der Waals surface area contributed by atoms with Crippen LogP contribution in [-0.4, -0.2) is 18.0 Å². The average molecular weight is 251 g/mol. The van der Waals surface area contributed by atoms with Gasteiger partial charge in [0.05, 0.1) is 6.04 Å². The summed E-state index contributed by atoms with van der Waals surface area (Å²) in [5.74, 6) is 0. The van der Waals surface area contributed by atoms with Crippen LogP contribution in [0.25, 0.3) is 0 Å². The van der Waals surface area contributed by atoms with Crippen molar-refractivity contribution >= 4 is 0 Å². The van der Waals surface area contributed by atoms with Crippen LogP contribution in [0.1, 0.15) is 35.2 Å². The van der Waals surface area contributed by atoms with E-state index in [4.69, 9.17) is 0 Å². The van der Waals surface area contributed by atoms with E-state index in [0.717, 1.165) is 13.1 Å². The Morgan fingerprint density at radius 3 is 2.53 bits per heavy atom. The molecule has 0 aromatic heterocycles. The van der Waals surface area contributed by atoms with Gasteiger partial charge in [-0.3, -0.25) is 4.90 Å². The summed E-state index contributed by atoms with van der Waals surface area (Å²) in [6, 6.07) is 18.3. The Hall–Kier alpha value is -1.60. The summed E-state index contributed by atoms with van der Waals surface area (Å²) in [6.45, 7) is 6.67. The van der Waals surface area contributed by atoms with E-state index in [9.17, 15) is 0 Å². The van der Waals surface area contributed by atoms with Crippen molar-refractivity contribution in [3.63, 3.8) is 0 Å². The average Bonchev–Trinajstić information content (AvgIpc) is 2.47. The van der Waals surface area contributed by atoms with Crippen LogP contribution >= 0.6 is 0 Å². The predicted molar refractivity (Wildman–Crippen MR) is 80.4 cm³/mol. The minimum Gasteiger partial charge on any atom is -0.292 e. The number of benzene rings is 2. The fraction of sp³-hybridized carbons (Fsp3) is 0.333. The van der Waals surface area contributed by atoms with Crippen LogP contribution in [-0.2, 0) is 6.42 Å². The van der Waals surface area contributed by atoms with Crippen LogP contribution < -0.4 is 0 Å². The molecule has 1 aliphatic heterocycles. The molecule has 1 atom stereocenters. The Morgan fingerprint density at radius 1 is 1.05 bits per heavy atom. The Balaban J connectivity index is 2.07.